The molecule has 0 spiro atoms. The molecular weight excluding hydrogens is 346 g/mol. The van der Waals surface area contributed by atoms with Crippen LogP contribution in [0.3, 0.4) is 0 Å². The third-order valence-electron chi connectivity index (χ3n) is 4.68. The van der Waals surface area contributed by atoms with Crippen LogP contribution in [0.15, 0.2) is 48.7 Å². The van der Waals surface area contributed by atoms with Gasteiger partial charge in [-0.3, -0.25) is 14.7 Å². The van der Waals surface area contributed by atoms with Crippen LogP contribution in [0.1, 0.15) is 20.7 Å². The van der Waals surface area contributed by atoms with E-state index in [9.17, 15) is 14.7 Å². The Morgan fingerprint density at radius 1 is 0.963 bits per heavy atom. The maximum atomic E-state index is 12.6. The van der Waals surface area contributed by atoms with Crippen molar-refractivity contribution >= 4 is 22.7 Å². The monoisotopic (exact) mass is 365 g/mol. The Kier molecular flexibility index (Phi) is 4.47. The van der Waals surface area contributed by atoms with Gasteiger partial charge in [0.05, 0.1) is 23.8 Å². The fourth-order valence-corrected chi connectivity index (χ4v) is 3.18. The van der Waals surface area contributed by atoms with Crippen molar-refractivity contribution in [2.24, 2.45) is 0 Å². The molecule has 0 radical (unpaired) electrons. The molecule has 0 unspecified atom stereocenters. The van der Waals surface area contributed by atoms with Gasteiger partial charge < -0.3 is 21.1 Å². The molecule has 1 aromatic heterocycles. The summed E-state index contributed by atoms with van der Waals surface area (Å²) >= 11 is 0. The molecule has 0 aliphatic carbocycles. The highest BCUT2D eigenvalue weighted by Crippen LogP contribution is 2.14. The second-order valence-corrected chi connectivity index (χ2v) is 6.54. The molecule has 1 aliphatic heterocycles. The van der Waals surface area contributed by atoms with Gasteiger partial charge in [-0.1, -0.05) is 0 Å². The zero-order valence-electron chi connectivity index (χ0n) is 14.4. The number of aromatic amines is 1. The van der Waals surface area contributed by atoms with Gasteiger partial charge in [0.2, 0.25) is 0 Å². The lowest BCUT2D eigenvalue weighted by molar-refractivity contribution is 0.0897. The van der Waals surface area contributed by atoms with Crippen LogP contribution in [0.4, 0.5) is 0 Å². The zero-order valence-corrected chi connectivity index (χ0v) is 14.4. The summed E-state index contributed by atoms with van der Waals surface area (Å²) in [5.41, 5.74) is 1.86. The molecule has 2 atom stereocenters. The topological polar surface area (TPSA) is 119 Å². The van der Waals surface area contributed by atoms with Gasteiger partial charge in [0.15, 0.2) is 0 Å². The maximum absolute atomic E-state index is 12.6. The molecule has 1 saturated heterocycles. The van der Waals surface area contributed by atoms with Crippen molar-refractivity contribution in [3.63, 3.8) is 0 Å². The number of nitrogens with zero attached hydrogens (tertiary/aromatic N) is 1. The highest BCUT2D eigenvalue weighted by atomic mass is 16.3. The summed E-state index contributed by atoms with van der Waals surface area (Å²) in [7, 11) is 0. The number of phenolic OH excluding ortho intramolecular Hbond substituents is 1. The summed E-state index contributed by atoms with van der Waals surface area (Å²) in [5.74, 6) is -0.340. The Labute approximate surface area is 155 Å². The first kappa shape index (κ1) is 17.0. The number of nitrogens with one attached hydrogen (secondary N) is 4. The zero-order chi connectivity index (χ0) is 18.8. The standard InChI is InChI=1S/C19H19N5O3/c25-14-4-1-11(2-5-14)18(26)22-16-9-20-10-17(16)23-19(27)12-3-6-15-13(7-12)8-21-24-15/h1-8,16-17,20,25H,9-10H2,(H,21,24)(H,22,26)(H,23,27)/t16-,17-/m1/s1. The number of aromatic nitrogens is 2. The van der Waals surface area contributed by atoms with E-state index in [1.54, 1.807) is 30.5 Å². The predicted octanol–water partition coefficient (Wildman–Crippen LogP) is 0.769. The van der Waals surface area contributed by atoms with Crippen LogP contribution in [-0.2, 0) is 0 Å². The Morgan fingerprint density at radius 3 is 2.30 bits per heavy atom. The van der Waals surface area contributed by atoms with E-state index in [-0.39, 0.29) is 29.6 Å². The molecule has 138 valence electrons. The van der Waals surface area contributed by atoms with E-state index in [0.717, 1.165) is 10.9 Å². The Balaban J connectivity index is 1.42. The summed E-state index contributed by atoms with van der Waals surface area (Å²) in [6.45, 7) is 1.13. The number of rotatable bonds is 4. The van der Waals surface area contributed by atoms with Gasteiger partial charge in [-0.05, 0) is 42.5 Å². The number of hydrogen-bond donors (Lipinski definition) is 5. The normalized spacial score (nSPS) is 19.1. The first-order valence-electron chi connectivity index (χ1n) is 8.65. The molecule has 1 fully saturated rings. The first-order valence-corrected chi connectivity index (χ1v) is 8.65. The second-order valence-electron chi connectivity index (χ2n) is 6.54. The molecule has 0 bridgehead atoms. The molecule has 0 saturated carbocycles. The molecule has 1 aliphatic rings. The minimum atomic E-state index is -0.247. The van der Waals surface area contributed by atoms with Crippen LogP contribution in [0.5, 0.6) is 5.75 Å². The summed E-state index contributed by atoms with van der Waals surface area (Å²) in [6, 6.07) is 10.9. The van der Waals surface area contributed by atoms with Gasteiger partial charge in [0.1, 0.15) is 5.75 Å². The van der Waals surface area contributed by atoms with E-state index in [1.807, 2.05) is 6.07 Å². The second kappa shape index (κ2) is 7.08. The van der Waals surface area contributed by atoms with Gasteiger partial charge in [-0.25, -0.2) is 0 Å². The van der Waals surface area contributed by atoms with Crippen molar-refractivity contribution in [1.82, 2.24) is 26.1 Å². The van der Waals surface area contributed by atoms with Crippen LogP contribution in [0, 0.1) is 0 Å². The van der Waals surface area contributed by atoms with Crippen molar-refractivity contribution in [2.75, 3.05) is 13.1 Å². The Hall–Kier alpha value is -3.39. The van der Waals surface area contributed by atoms with Crippen LogP contribution < -0.4 is 16.0 Å². The SMILES string of the molecule is O=C(N[C@@H]1CNC[C@H]1NC(=O)c1ccc2[nH]ncc2c1)c1ccc(O)cc1. The third-order valence-corrected chi connectivity index (χ3v) is 4.68. The quantitative estimate of drug-likeness (QED) is 0.468. The van der Waals surface area contributed by atoms with E-state index in [0.29, 0.717) is 24.2 Å². The highest BCUT2D eigenvalue weighted by Gasteiger charge is 2.30. The number of carbonyl (C=O) groups excluding carboxylic acids is 2. The first-order chi connectivity index (χ1) is 13.1. The smallest absolute Gasteiger partial charge is 0.251 e. The molecule has 2 heterocycles. The number of amides is 2. The van der Waals surface area contributed by atoms with E-state index >= 15 is 0 Å². The van der Waals surface area contributed by atoms with Crippen molar-refractivity contribution in [2.45, 2.75) is 12.1 Å². The van der Waals surface area contributed by atoms with Crippen molar-refractivity contribution in [3.05, 3.63) is 59.8 Å². The summed E-state index contributed by atoms with van der Waals surface area (Å²) in [4.78, 5) is 25.0. The van der Waals surface area contributed by atoms with Crippen LogP contribution in [-0.4, -0.2) is 52.3 Å². The van der Waals surface area contributed by atoms with Crippen molar-refractivity contribution in [1.29, 1.82) is 0 Å². The highest BCUT2D eigenvalue weighted by molar-refractivity contribution is 5.98. The molecule has 3 aromatic rings. The molecule has 4 rings (SSSR count). The molecule has 2 aromatic carbocycles. The number of aromatic hydroxyl groups is 1. The Morgan fingerprint density at radius 2 is 1.59 bits per heavy atom. The Bertz CT molecular complexity index is 982. The predicted molar refractivity (Wildman–Crippen MR) is 99.6 cm³/mol. The average Bonchev–Trinajstić information content (AvgIpc) is 3.31. The molecule has 27 heavy (non-hydrogen) atoms. The largest absolute Gasteiger partial charge is 0.508 e. The number of H-pyrrole nitrogens is 1. The van der Waals surface area contributed by atoms with Crippen LogP contribution in [0.25, 0.3) is 10.9 Å². The lowest BCUT2D eigenvalue weighted by Crippen LogP contribution is -2.51. The molecular formula is C19H19N5O3. The fourth-order valence-electron chi connectivity index (χ4n) is 3.18. The lowest BCUT2D eigenvalue weighted by atomic mass is 10.1. The lowest BCUT2D eigenvalue weighted by Gasteiger charge is -2.21. The third kappa shape index (κ3) is 3.61. The van der Waals surface area contributed by atoms with Gasteiger partial charge >= 0.3 is 0 Å². The minimum Gasteiger partial charge on any atom is -0.508 e. The number of hydrogen-bond acceptors (Lipinski definition) is 5. The molecule has 2 amide bonds. The number of fused-ring (bicyclic) bond motifs is 1. The summed E-state index contributed by atoms with van der Waals surface area (Å²) in [6.07, 6.45) is 1.67. The summed E-state index contributed by atoms with van der Waals surface area (Å²) < 4.78 is 0. The van der Waals surface area contributed by atoms with Crippen LogP contribution in [0.2, 0.25) is 0 Å². The van der Waals surface area contributed by atoms with E-state index in [4.69, 9.17) is 0 Å². The van der Waals surface area contributed by atoms with E-state index < -0.39 is 0 Å². The molecule has 8 heteroatoms. The maximum Gasteiger partial charge on any atom is 0.251 e. The van der Waals surface area contributed by atoms with Gasteiger partial charge in [0, 0.05) is 29.6 Å². The number of benzene rings is 2. The van der Waals surface area contributed by atoms with Gasteiger partial charge in [-0.2, -0.15) is 5.10 Å². The molecule has 8 nitrogen and oxygen atoms in total. The van der Waals surface area contributed by atoms with Gasteiger partial charge in [0.25, 0.3) is 11.8 Å². The number of carbonyl (C=O) groups is 2. The van der Waals surface area contributed by atoms with Crippen LogP contribution >= 0.6 is 0 Å². The fraction of sp³-hybridized carbons (Fsp3) is 0.211. The minimum absolute atomic E-state index is 0.105. The molecule has 5 N–H and O–H groups in total. The van der Waals surface area contributed by atoms with E-state index in [1.165, 1.54) is 12.1 Å². The van der Waals surface area contributed by atoms with Crippen molar-refractivity contribution in [3.8, 4) is 5.75 Å². The number of phenols is 1. The van der Waals surface area contributed by atoms with Gasteiger partial charge in [-0.15, -0.1) is 0 Å². The summed E-state index contributed by atoms with van der Waals surface area (Å²) in [5, 5.41) is 26.1. The van der Waals surface area contributed by atoms with Crippen molar-refractivity contribution < 1.29 is 14.7 Å². The van der Waals surface area contributed by atoms with E-state index in [2.05, 4.69) is 26.1 Å². The average molecular weight is 365 g/mol.